The minimum Gasteiger partial charge on any atom is -0.369 e. The highest BCUT2D eigenvalue weighted by atomic mass is 31.2. The second-order valence-electron chi connectivity index (χ2n) is 4.88. The molecule has 6 heteroatoms. The van der Waals surface area contributed by atoms with Crippen molar-refractivity contribution in [2.45, 2.75) is 39.1 Å². The molecule has 1 aliphatic rings. The van der Waals surface area contributed by atoms with Gasteiger partial charge in [-0.2, -0.15) is 0 Å². The first-order valence-corrected chi connectivity index (χ1v) is 9.02. The highest BCUT2D eigenvalue weighted by Crippen LogP contribution is 2.51. The topological polar surface area (TPSA) is 54.0 Å². The van der Waals surface area contributed by atoms with Gasteiger partial charge in [0.1, 0.15) is 0 Å². The number of rotatable bonds is 9. The Balaban J connectivity index is 1.80. The molecule has 2 atom stereocenters. The molecule has 0 aromatic heterocycles. The molecule has 0 aliphatic heterocycles. The Bertz CT molecular complexity index is 507. The zero-order chi connectivity index (χ0) is 15.8. The van der Waals surface area contributed by atoms with E-state index in [9.17, 15) is 4.57 Å². The fourth-order valence-corrected chi connectivity index (χ4v) is 3.51. The first-order chi connectivity index (χ1) is 10.6. The lowest BCUT2D eigenvalue weighted by Gasteiger charge is -2.20. The van der Waals surface area contributed by atoms with E-state index in [-0.39, 0.29) is 25.4 Å². The van der Waals surface area contributed by atoms with E-state index in [1.807, 2.05) is 42.5 Å². The lowest BCUT2D eigenvalue weighted by atomic mass is 10.2. The van der Waals surface area contributed by atoms with Crippen LogP contribution in [-0.2, 0) is 29.5 Å². The van der Waals surface area contributed by atoms with E-state index in [1.54, 1.807) is 13.8 Å². The van der Waals surface area contributed by atoms with Crippen LogP contribution in [0.3, 0.4) is 0 Å². The van der Waals surface area contributed by atoms with Crippen LogP contribution in [0.1, 0.15) is 25.8 Å². The summed E-state index contributed by atoms with van der Waals surface area (Å²) in [5, 5.41) is 0. The molecule has 5 nitrogen and oxygen atoms in total. The highest BCUT2D eigenvalue weighted by molar-refractivity contribution is 7.48. The lowest BCUT2D eigenvalue weighted by Crippen LogP contribution is -2.14. The van der Waals surface area contributed by atoms with Gasteiger partial charge in [0, 0.05) is 6.42 Å². The van der Waals surface area contributed by atoms with Crippen LogP contribution in [0.2, 0.25) is 0 Å². The van der Waals surface area contributed by atoms with Gasteiger partial charge in [-0.15, -0.1) is 0 Å². The molecule has 1 aromatic rings. The van der Waals surface area contributed by atoms with Crippen molar-refractivity contribution in [2.75, 3.05) is 13.2 Å². The molecule has 0 radical (unpaired) electrons. The zero-order valence-electron chi connectivity index (χ0n) is 13.0. The van der Waals surface area contributed by atoms with E-state index >= 15 is 0 Å². The summed E-state index contributed by atoms with van der Waals surface area (Å²) in [4.78, 5) is 0. The Kier molecular flexibility index (Phi) is 6.80. The number of hydrogen-bond donors (Lipinski definition) is 0. The van der Waals surface area contributed by atoms with Crippen molar-refractivity contribution >= 4 is 7.82 Å². The predicted octanol–water partition coefficient (Wildman–Crippen LogP) is 4.10. The number of ether oxygens (including phenoxy) is 1. The first kappa shape index (κ1) is 17.4. The molecule has 0 bridgehead atoms. The van der Waals surface area contributed by atoms with Crippen molar-refractivity contribution in [3.05, 3.63) is 48.0 Å². The van der Waals surface area contributed by atoms with Gasteiger partial charge in [-0.1, -0.05) is 42.5 Å². The molecule has 0 heterocycles. The molecule has 1 aliphatic carbocycles. The Morgan fingerprint density at radius 2 is 1.68 bits per heavy atom. The average molecular weight is 326 g/mol. The summed E-state index contributed by atoms with van der Waals surface area (Å²) in [7, 11) is -3.48. The molecule has 0 saturated heterocycles. The molecular formula is C16H23O5P. The predicted molar refractivity (Wildman–Crippen MR) is 84.5 cm³/mol. The van der Waals surface area contributed by atoms with Crippen LogP contribution >= 0.6 is 7.82 Å². The normalized spacial score (nSPS) is 21.4. The molecule has 0 spiro atoms. The van der Waals surface area contributed by atoms with Gasteiger partial charge >= 0.3 is 7.82 Å². The second kappa shape index (κ2) is 8.61. The summed E-state index contributed by atoms with van der Waals surface area (Å²) < 4.78 is 33.9. The Morgan fingerprint density at radius 1 is 1.05 bits per heavy atom. The molecule has 2 rings (SSSR count). The third-order valence-electron chi connectivity index (χ3n) is 3.15. The van der Waals surface area contributed by atoms with Crippen molar-refractivity contribution in [2.24, 2.45) is 0 Å². The van der Waals surface area contributed by atoms with E-state index in [0.717, 1.165) is 5.56 Å². The Labute approximate surface area is 131 Å². The minimum absolute atomic E-state index is 0.0538. The molecular weight excluding hydrogens is 303 g/mol. The maximum absolute atomic E-state index is 12.3. The third-order valence-corrected chi connectivity index (χ3v) is 4.83. The summed E-state index contributed by atoms with van der Waals surface area (Å²) >= 11 is 0. The summed E-state index contributed by atoms with van der Waals surface area (Å²) in [6.45, 7) is 4.61. The van der Waals surface area contributed by atoms with Crippen LogP contribution in [0.25, 0.3) is 0 Å². The van der Waals surface area contributed by atoms with Gasteiger partial charge < -0.3 is 4.74 Å². The van der Waals surface area contributed by atoms with Gasteiger partial charge in [0.2, 0.25) is 0 Å². The first-order valence-electron chi connectivity index (χ1n) is 7.56. The van der Waals surface area contributed by atoms with Crippen molar-refractivity contribution < 1.29 is 22.9 Å². The molecule has 0 saturated carbocycles. The number of hydrogen-bond acceptors (Lipinski definition) is 5. The fourth-order valence-electron chi connectivity index (χ4n) is 2.19. The molecule has 0 unspecified atom stereocenters. The molecule has 0 N–H and O–H groups in total. The van der Waals surface area contributed by atoms with E-state index < -0.39 is 7.82 Å². The van der Waals surface area contributed by atoms with Crippen molar-refractivity contribution in [3.63, 3.8) is 0 Å². The van der Waals surface area contributed by atoms with Crippen LogP contribution in [-0.4, -0.2) is 25.4 Å². The van der Waals surface area contributed by atoms with Crippen molar-refractivity contribution in [1.82, 2.24) is 0 Å². The van der Waals surface area contributed by atoms with Gasteiger partial charge in [0.25, 0.3) is 0 Å². The van der Waals surface area contributed by atoms with Crippen LogP contribution in [0.15, 0.2) is 42.5 Å². The fraction of sp³-hybridized carbons (Fsp3) is 0.500. The summed E-state index contributed by atoms with van der Waals surface area (Å²) in [6.07, 6.45) is 4.01. The number of phosphoric ester groups is 1. The summed E-state index contributed by atoms with van der Waals surface area (Å²) in [6, 6.07) is 9.98. The minimum atomic E-state index is -3.48. The number of phosphoric acid groups is 1. The SMILES string of the molecule is CCOP(=O)(OCC)O[C@@H]1C=C[C@H](OCc2ccccc2)C1. The number of benzene rings is 1. The zero-order valence-corrected chi connectivity index (χ0v) is 13.9. The van der Waals surface area contributed by atoms with E-state index in [0.29, 0.717) is 13.0 Å². The summed E-state index contributed by atoms with van der Waals surface area (Å²) in [5.41, 5.74) is 1.12. The van der Waals surface area contributed by atoms with E-state index in [1.165, 1.54) is 0 Å². The quantitative estimate of drug-likeness (QED) is 0.505. The van der Waals surface area contributed by atoms with Gasteiger partial charge in [0.05, 0.1) is 32.0 Å². The van der Waals surface area contributed by atoms with Crippen LogP contribution in [0.5, 0.6) is 0 Å². The Hall–Kier alpha value is -0.970. The standard InChI is InChI=1S/C16H23O5P/c1-3-19-22(17,20-4-2)21-16-11-10-15(12-16)18-13-14-8-6-5-7-9-14/h5-11,15-16H,3-4,12-13H2,1-2H3/t15-,16+/m0/s1. The van der Waals surface area contributed by atoms with Crippen LogP contribution < -0.4 is 0 Å². The molecule has 0 fully saturated rings. The largest absolute Gasteiger partial charge is 0.475 e. The van der Waals surface area contributed by atoms with Crippen molar-refractivity contribution in [3.8, 4) is 0 Å². The van der Waals surface area contributed by atoms with Gasteiger partial charge in [-0.25, -0.2) is 4.57 Å². The smallest absolute Gasteiger partial charge is 0.369 e. The Morgan fingerprint density at radius 3 is 2.32 bits per heavy atom. The second-order valence-corrected chi connectivity index (χ2v) is 6.50. The monoisotopic (exact) mass is 326 g/mol. The maximum atomic E-state index is 12.3. The average Bonchev–Trinajstić information content (AvgIpc) is 2.94. The van der Waals surface area contributed by atoms with E-state index in [2.05, 4.69) is 0 Å². The van der Waals surface area contributed by atoms with Crippen molar-refractivity contribution in [1.29, 1.82) is 0 Å². The molecule has 0 amide bonds. The molecule has 1 aromatic carbocycles. The summed E-state index contributed by atoms with van der Waals surface area (Å²) in [5.74, 6) is 0. The van der Waals surface area contributed by atoms with Gasteiger partial charge in [-0.05, 0) is 19.4 Å². The molecule has 122 valence electrons. The van der Waals surface area contributed by atoms with Gasteiger partial charge in [0.15, 0.2) is 0 Å². The molecule has 22 heavy (non-hydrogen) atoms. The van der Waals surface area contributed by atoms with E-state index in [4.69, 9.17) is 18.3 Å². The van der Waals surface area contributed by atoms with Gasteiger partial charge in [-0.3, -0.25) is 13.6 Å². The van der Waals surface area contributed by atoms with Crippen LogP contribution in [0, 0.1) is 0 Å². The lowest BCUT2D eigenvalue weighted by molar-refractivity contribution is 0.0439. The maximum Gasteiger partial charge on any atom is 0.475 e. The van der Waals surface area contributed by atoms with Crippen LogP contribution in [0.4, 0.5) is 0 Å². The highest BCUT2D eigenvalue weighted by Gasteiger charge is 2.32. The third kappa shape index (κ3) is 5.34.